The average Bonchev–Trinajstić information content (AvgIpc) is 1.99. The molecule has 0 aliphatic carbocycles. The summed E-state index contributed by atoms with van der Waals surface area (Å²) in [7, 11) is 0. The molecule has 1 amide bonds. The number of rotatable bonds is 5. The van der Waals surface area contributed by atoms with Crippen molar-refractivity contribution >= 4 is 11.9 Å². The highest BCUT2D eigenvalue weighted by molar-refractivity contribution is 5.77. The van der Waals surface area contributed by atoms with E-state index in [4.69, 9.17) is 5.11 Å². The molecule has 0 saturated heterocycles. The van der Waals surface area contributed by atoms with Gasteiger partial charge in [-0.25, -0.2) is 4.79 Å². The number of hydrogen-bond donors (Lipinski definition) is 2. The highest BCUT2D eigenvalue weighted by Gasteiger charge is 2.11. The quantitative estimate of drug-likeness (QED) is 0.671. The fourth-order valence-corrected chi connectivity index (χ4v) is 0.646. The molecule has 0 aliphatic heterocycles. The minimum Gasteiger partial charge on any atom is -0.480 e. The summed E-state index contributed by atoms with van der Waals surface area (Å²) in [6, 6.07) is 0. The van der Waals surface area contributed by atoms with Crippen LogP contribution in [0.15, 0.2) is 0 Å². The normalized spacial score (nSPS) is 11.1. The van der Waals surface area contributed by atoms with Crippen LogP contribution >= 0.6 is 0 Å². The lowest BCUT2D eigenvalue weighted by molar-refractivity contribution is -0.143. The van der Waals surface area contributed by atoms with Gasteiger partial charge < -0.3 is 15.2 Å². The molecule has 0 radical (unpaired) electrons. The van der Waals surface area contributed by atoms with Crippen LogP contribution in [0.3, 0.4) is 0 Å². The molecule has 0 aliphatic rings. The molecule has 14 heavy (non-hydrogen) atoms. The van der Waals surface area contributed by atoms with Gasteiger partial charge in [0.05, 0.1) is 0 Å². The molecule has 82 valence electrons. The first-order valence-corrected chi connectivity index (χ1v) is 4.37. The summed E-state index contributed by atoms with van der Waals surface area (Å²) in [6.45, 7) is 5.87. The first kappa shape index (κ1) is 12.9. The highest BCUT2D eigenvalue weighted by atomic mass is 16.5. The van der Waals surface area contributed by atoms with E-state index in [0.717, 1.165) is 0 Å². The third kappa shape index (κ3) is 8.99. The Balaban J connectivity index is 3.52. The SMILES string of the molecule is CC(C)(C)CNC(=O)COCC(=O)O. The standard InChI is InChI=1S/C9H17NO4/c1-9(2,3)6-10-7(11)4-14-5-8(12)13/h4-6H2,1-3H3,(H,10,11)(H,12,13). The Morgan fingerprint density at radius 1 is 1.29 bits per heavy atom. The Labute approximate surface area is 83.4 Å². The second-order valence-electron chi connectivity index (χ2n) is 4.22. The van der Waals surface area contributed by atoms with Crippen molar-refractivity contribution in [1.29, 1.82) is 0 Å². The van der Waals surface area contributed by atoms with Gasteiger partial charge in [-0.05, 0) is 5.41 Å². The summed E-state index contributed by atoms with van der Waals surface area (Å²) in [5.41, 5.74) is 0.0163. The van der Waals surface area contributed by atoms with Gasteiger partial charge in [0.25, 0.3) is 0 Å². The second-order valence-corrected chi connectivity index (χ2v) is 4.22. The van der Waals surface area contributed by atoms with Gasteiger partial charge in [0.2, 0.25) is 5.91 Å². The van der Waals surface area contributed by atoms with E-state index in [-0.39, 0.29) is 17.9 Å². The summed E-state index contributed by atoms with van der Waals surface area (Å²) in [6.07, 6.45) is 0. The Morgan fingerprint density at radius 3 is 2.29 bits per heavy atom. The number of carbonyl (C=O) groups is 2. The largest absolute Gasteiger partial charge is 0.480 e. The van der Waals surface area contributed by atoms with Crippen LogP contribution in [-0.4, -0.2) is 36.7 Å². The van der Waals surface area contributed by atoms with E-state index in [9.17, 15) is 9.59 Å². The van der Waals surface area contributed by atoms with Crippen molar-refractivity contribution < 1.29 is 19.4 Å². The van der Waals surface area contributed by atoms with Crippen LogP contribution in [0.4, 0.5) is 0 Å². The van der Waals surface area contributed by atoms with Gasteiger partial charge >= 0.3 is 5.97 Å². The lowest BCUT2D eigenvalue weighted by atomic mass is 9.97. The number of ether oxygens (including phenoxy) is 1. The molecular weight excluding hydrogens is 186 g/mol. The molecule has 0 aromatic rings. The maximum Gasteiger partial charge on any atom is 0.329 e. The lowest BCUT2D eigenvalue weighted by Crippen LogP contribution is -2.35. The average molecular weight is 203 g/mol. The van der Waals surface area contributed by atoms with Crippen molar-refractivity contribution in [1.82, 2.24) is 5.32 Å². The van der Waals surface area contributed by atoms with Crippen molar-refractivity contribution in [3.8, 4) is 0 Å². The molecule has 0 heterocycles. The summed E-state index contributed by atoms with van der Waals surface area (Å²) in [4.78, 5) is 21.1. The molecule has 0 fully saturated rings. The topological polar surface area (TPSA) is 75.6 Å². The number of carboxylic acid groups (broad SMARTS) is 1. The Morgan fingerprint density at radius 2 is 1.86 bits per heavy atom. The van der Waals surface area contributed by atoms with Crippen molar-refractivity contribution in [2.45, 2.75) is 20.8 Å². The Bertz CT molecular complexity index is 207. The van der Waals surface area contributed by atoms with Crippen LogP contribution in [0.5, 0.6) is 0 Å². The summed E-state index contributed by atoms with van der Waals surface area (Å²) >= 11 is 0. The van der Waals surface area contributed by atoms with E-state index in [1.54, 1.807) is 0 Å². The first-order chi connectivity index (χ1) is 6.31. The molecule has 5 nitrogen and oxygen atoms in total. The molecule has 0 aromatic carbocycles. The monoisotopic (exact) mass is 203 g/mol. The van der Waals surface area contributed by atoms with Crippen LogP contribution in [0, 0.1) is 5.41 Å². The first-order valence-electron chi connectivity index (χ1n) is 4.37. The molecule has 0 rings (SSSR count). The zero-order chi connectivity index (χ0) is 11.2. The van der Waals surface area contributed by atoms with Crippen LogP contribution in [-0.2, 0) is 14.3 Å². The molecule has 2 N–H and O–H groups in total. The molecular formula is C9H17NO4. The maximum absolute atomic E-state index is 11.0. The van der Waals surface area contributed by atoms with E-state index in [2.05, 4.69) is 10.1 Å². The predicted octanol–water partition coefficient (Wildman–Crippen LogP) is 0.250. The number of aliphatic carboxylic acids is 1. The van der Waals surface area contributed by atoms with Crippen molar-refractivity contribution in [2.75, 3.05) is 19.8 Å². The summed E-state index contributed by atoms with van der Waals surface area (Å²) in [5, 5.41) is 10.9. The van der Waals surface area contributed by atoms with Gasteiger partial charge in [-0.15, -0.1) is 0 Å². The van der Waals surface area contributed by atoms with E-state index in [0.29, 0.717) is 6.54 Å². The van der Waals surface area contributed by atoms with Gasteiger partial charge in [-0.3, -0.25) is 4.79 Å². The minimum atomic E-state index is -1.08. The summed E-state index contributed by atoms with van der Waals surface area (Å²) in [5.74, 6) is -1.37. The van der Waals surface area contributed by atoms with Crippen LogP contribution < -0.4 is 5.32 Å². The molecule has 0 spiro atoms. The molecule has 0 saturated carbocycles. The minimum absolute atomic E-state index is 0.0163. The van der Waals surface area contributed by atoms with E-state index in [1.165, 1.54) is 0 Å². The van der Waals surface area contributed by atoms with Gasteiger partial charge in [0.1, 0.15) is 13.2 Å². The van der Waals surface area contributed by atoms with Gasteiger partial charge in [0.15, 0.2) is 0 Å². The Kier molecular flexibility index (Phi) is 5.15. The van der Waals surface area contributed by atoms with Crippen molar-refractivity contribution in [2.24, 2.45) is 5.41 Å². The fraction of sp³-hybridized carbons (Fsp3) is 0.778. The number of carboxylic acids is 1. The number of carbonyl (C=O) groups excluding carboxylic acids is 1. The van der Waals surface area contributed by atoms with Crippen LogP contribution in [0.25, 0.3) is 0 Å². The predicted molar refractivity (Wildman–Crippen MR) is 50.9 cm³/mol. The maximum atomic E-state index is 11.0. The zero-order valence-electron chi connectivity index (χ0n) is 8.79. The molecule has 5 heteroatoms. The van der Waals surface area contributed by atoms with Crippen molar-refractivity contribution in [3.05, 3.63) is 0 Å². The third-order valence-corrected chi connectivity index (χ3v) is 1.27. The van der Waals surface area contributed by atoms with Crippen molar-refractivity contribution in [3.63, 3.8) is 0 Å². The second kappa shape index (κ2) is 5.59. The molecule has 0 aromatic heterocycles. The van der Waals surface area contributed by atoms with Gasteiger partial charge in [-0.1, -0.05) is 20.8 Å². The van der Waals surface area contributed by atoms with E-state index in [1.807, 2.05) is 20.8 Å². The number of nitrogens with one attached hydrogen (secondary N) is 1. The third-order valence-electron chi connectivity index (χ3n) is 1.27. The molecule has 0 unspecified atom stereocenters. The van der Waals surface area contributed by atoms with Crippen LogP contribution in [0.1, 0.15) is 20.8 Å². The van der Waals surface area contributed by atoms with Gasteiger partial charge in [-0.2, -0.15) is 0 Å². The Hall–Kier alpha value is -1.10. The number of amides is 1. The van der Waals surface area contributed by atoms with Crippen LogP contribution in [0.2, 0.25) is 0 Å². The fourth-order valence-electron chi connectivity index (χ4n) is 0.646. The summed E-state index contributed by atoms with van der Waals surface area (Å²) < 4.78 is 4.61. The zero-order valence-corrected chi connectivity index (χ0v) is 8.79. The van der Waals surface area contributed by atoms with Gasteiger partial charge in [0, 0.05) is 6.54 Å². The number of hydrogen-bond acceptors (Lipinski definition) is 3. The smallest absolute Gasteiger partial charge is 0.329 e. The highest BCUT2D eigenvalue weighted by Crippen LogP contribution is 2.09. The molecule has 0 bridgehead atoms. The lowest BCUT2D eigenvalue weighted by Gasteiger charge is -2.18. The molecule has 0 atom stereocenters. The van der Waals surface area contributed by atoms with E-state index >= 15 is 0 Å². The van der Waals surface area contributed by atoms with E-state index < -0.39 is 12.6 Å².